The smallest absolute Gasteiger partial charge is 0.226 e. The molecule has 0 bridgehead atoms. The minimum atomic E-state index is 0.154. The molecule has 80 valence electrons. The van der Waals surface area contributed by atoms with E-state index < -0.39 is 0 Å². The van der Waals surface area contributed by atoms with E-state index in [1.165, 1.54) is 17.3 Å². The zero-order chi connectivity index (χ0) is 11.1. The summed E-state index contributed by atoms with van der Waals surface area (Å²) < 4.78 is 3.27. The van der Waals surface area contributed by atoms with Gasteiger partial charge in [0.05, 0.1) is 6.33 Å². The van der Waals surface area contributed by atoms with Crippen molar-refractivity contribution in [2.24, 2.45) is 7.05 Å². The molecule has 0 saturated carbocycles. The van der Waals surface area contributed by atoms with Crippen molar-refractivity contribution in [1.29, 1.82) is 0 Å². The van der Waals surface area contributed by atoms with E-state index >= 15 is 0 Å². The molecule has 0 atom stereocenters. The Hall–Kier alpha value is -2.02. The summed E-state index contributed by atoms with van der Waals surface area (Å²) in [5, 5.41) is 4.15. The topological polar surface area (TPSA) is 74.3 Å². The fourth-order valence-electron chi connectivity index (χ4n) is 1.44. The predicted molar refractivity (Wildman–Crippen MR) is 56.2 cm³/mol. The Labute approximate surface area is 94.7 Å². The molecule has 0 fully saturated rings. The SMILES string of the molecule is Cn1cnc2c(-n3cncn3)nc(Cl)nc21. The largest absolute Gasteiger partial charge is 0.318 e. The second-order valence-corrected chi connectivity index (χ2v) is 3.52. The van der Waals surface area contributed by atoms with Crippen LogP contribution in [-0.2, 0) is 7.05 Å². The van der Waals surface area contributed by atoms with Crippen LogP contribution in [0, 0.1) is 0 Å². The molecule has 3 aromatic heterocycles. The number of fused-ring (bicyclic) bond motifs is 1. The number of halogens is 1. The van der Waals surface area contributed by atoms with Gasteiger partial charge in [0.2, 0.25) is 5.28 Å². The molecule has 0 unspecified atom stereocenters. The van der Waals surface area contributed by atoms with Crippen LogP contribution in [0.25, 0.3) is 17.0 Å². The minimum Gasteiger partial charge on any atom is -0.318 e. The number of imidazole rings is 1. The van der Waals surface area contributed by atoms with Gasteiger partial charge in [0.1, 0.15) is 12.7 Å². The molecule has 3 heterocycles. The normalized spacial score (nSPS) is 11.1. The molecule has 0 aromatic carbocycles. The second kappa shape index (κ2) is 3.24. The van der Waals surface area contributed by atoms with E-state index in [2.05, 4.69) is 25.0 Å². The fraction of sp³-hybridized carbons (Fsp3) is 0.125. The Balaban J connectivity index is 2.39. The third-order valence-corrected chi connectivity index (χ3v) is 2.32. The molecule has 8 heteroatoms. The summed E-state index contributed by atoms with van der Waals surface area (Å²) in [6.07, 6.45) is 4.60. The standard InChI is InChI=1S/C8H6ClN7/c1-15-4-11-5-6(15)13-8(9)14-7(5)16-3-10-2-12-16/h2-4H,1H3. The van der Waals surface area contributed by atoms with Crippen molar-refractivity contribution in [3.63, 3.8) is 0 Å². The quantitative estimate of drug-likeness (QED) is 0.578. The van der Waals surface area contributed by atoms with Gasteiger partial charge in [-0.1, -0.05) is 0 Å². The molecule has 16 heavy (non-hydrogen) atoms. The lowest BCUT2D eigenvalue weighted by Gasteiger charge is -2.01. The highest BCUT2D eigenvalue weighted by atomic mass is 35.5. The number of hydrogen-bond acceptors (Lipinski definition) is 5. The highest BCUT2D eigenvalue weighted by Crippen LogP contribution is 2.18. The van der Waals surface area contributed by atoms with Crippen molar-refractivity contribution in [2.75, 3.05) is 0 Å². The third kappa shape index (κ3) is 1.25. The molecule has 0 aliphatic carbocycles. The lowest BCUT2D eigenvalue weighted by atomic mass is 10.5. The summed E-state index contributed by atoms with van der Waals surface area (Å²) in [4.78, 5) is 16.3. The summed E-state index contributed by atoms with van der Waals surface area (Å²) in [7, 11) is 1.84. The van der Waals surface area contributed by atoms with E-state index in [1.54, 1.807) is 10.9 Å². The van der Waals surface area contributed by atoms with E-state index in [0.717, 1.165) is 0 Å². The highest BCUT2D eigenvalue weighted by Gasteiger charge is 2.12. The van der Waals surface area contributed by atoms with Crippen molar-refractivity contribution < 1.29 is 0 Å². The Bertz CT molecular complexity index is 642. The molecule has 0 saturated heterocycles. The molecule has 3 rings (SSSR count). The maximum absolute atomic E-state index is 5.84. The number of aryl methyl sites for hydroxylation is 1. The van der Waals surface area contributed by atoms with E-state index in [-0.39, 0.29) is 5.28 Å². The van der Waals surface area contributed by atoms with Gasteiger partial charge in [-0.05, 0) is 11.6 Å². The van der Waals surface area contributed by atoms with Crippen LogP contribution in [0.5, 0.6) is 0 Å². The first-order valence-electron chi connectivity index (χ1n) is 4.45. The van der Waals surface area contributed by atoms with Gasteiger partial charge in [0.25, 0.3) is 0 Å². The molecule has 3 aromatic rings. The number of nitrogens with zero attached hydrogens (tertiary/aromatic N) is 7. The molecular weight excluding hydrogens is 230 g/mol. The van der Waals surface area contributed by atoms with Gasteiger partial charge >= 0.3 is 0 Å². The van der Waals surface area contributed by atoms with Crippen molar-refractivity contribution >= 4 is 22.8 Å². The Kier molecular flexibility index (Phi) is 1.87. The first-order valence-corrected chi connectivity index (χ1v) is 4.83. The molecule has 7 nitrogen and oxygen atoms in total. The van der Waals surface area contributed by atoms with Gasteiger partial charge in [0.15, 0.2) is 17.0 Å². The maximum Gasteiger partial charge on any atom is 0.226 e. The number of aromatic nitrogens is 7. The van der Waals surface area contributed by atoms with Crippen LogP contribution in [0.3, 0.4) is 0 Å². The number of hydrogen-bond donors (Lipinski definition) is 0. The van der Waals surface area contributed by atoms with Crippen LogP contribution in [0.15, 0.2) is 19.0 Å². The molecule has 0 aliphatic rings. The van der Waals surface area contributed by atoms with Crippen LogP contribution in [0.4, 0.5) is 0 Å². The Morgan fingerprint density at radius 3 is 2.88 bits per heavy atom. The zero-order valence-electron chi connectivity index (χ0n) is 8.24. The Morgan fingerprint density at radius 2 is 2.12 bits per heavy atom. The zero-order valence-corrected chi connectivity index (χ0v) is 9.00. The van der Waals surface area contributed by atoms with Crippen molar-refractivity contribution in [3.8, 4) is 5.82 Å². The van der Waals surface area contributed by atoms with E-state index in [1.807, 2.05) is 7.05 Å². The van der Waals surface area contributed by atoms with Crippen molar-refractivity contribution in [2.45, 2.75) is 0 Å². The van der Waals surface area contributed by atoms with Crippen LogP contribution < -0.4 is 0 Å². The monoisotopic (exact) mass is 235 g/mol. The van der Waals surface area contributed by atoms with E-state index in [9.17, 15) is 0 Å². The molecule has 0 N–H and O–H groups in total. The van der Waals surface area contributed by atoms with Crippen LogP contribution in [0.1, 0.15) is 0 Å². The average molecular weight is 236 g/mol. The molecule has 0 amide bonds. The van der Waals surface area contributed by atoms with Gasteiger partial charge in [-0.15, -0.1) is 0 Å². The average Bonchev–Trinajstić information content (AvgIpc) is 2.88. The predicted octanol–water partition coefficient (Wildman–Crippen LogP) is 0.597. The van der Waals surface area contributed by atoms with Gasteiger partial charge in [-0.3, -0.25) is 0 Å². The van der Waals surface area contributed by atoms with Crippen LogP contribution in [0.2, 0.25) is 5.28 Å². The lowest BCUT2D eigenvalue weighted by molar-refractivity contribution is 0.845. The summed E-state index contributed by atoms with van der Waals surface area (Å²) >= 11 is 5.84. The van der Waals surface area contributed by atoms with E-state index in [4.69, 9.17) is 11.6 Å². The van der Waals surface area contributed by atoms with Gasteiger partial charge in [0, 0.05) is 7.05 Å². The van der Waals surface area contributed by atoms with Gasteiger partial charge in [-0.2, -0.15) is 15.1 Å². The minimum absolute atomic E-state index is 0.154. The lowest BCUT2D eigenvalue weighted by Crippen LogP contribution is -2.02. The van der Waals surface area contributed by atoms with E-state index in [0.29, 0.717) is 17.0 Å². The Morgan fingerprint density at radius 1 is 1.25 bits per heavy atom. The molecular formula is C8H6ClN7. The fourth-order valence-corrected chi connectivity index (χ4v) is 1.60. The van der Waals surface area contributed by atoms with Crippen LogP contribution in [-0.4, -0.2) is 34.3 Å². The second-order valence-electron chi connectivity index (χ2n) is 3.18. The molecule has 0 spiro atoms. The van der Waals surface area contributed by atoms with Crippen LogP contribution >= 0.6 is 11.6 Å². The van der Waals surface area contributed by atoms with Crippen molar-refractivity contribution in [3.05, 3.63) is 24.3 Å². The van der Waals surface area contributed by atoms with Crippen molar-refractivity contribution in [1.82, 2.24) is 34.3 Å². The third-order valence-electron chi connectivity index (χ3n) is 2.15. The molecule has 0 aliphatic heterocycles. The first-order chi connectivity index (χ1) is 7.75. The molecule has 0 radical (unpaired) electrons. The van der Waals surface area contributed by atoms with Gasteiger partial charge in [-0.25, -0.2) is 14.6 Å². The van der Waals surface area contributed by atoms with Gasteiger partial charge < -0.3 is 4.57 Å². The maximum atomic E-state index is 5.84. The number of rotatable bonds is 1. The summed E-state index contributed by atoms with van der Waals surface area (Å²) in [6, 6.07) is 0. The summed E-state index contributed by atoms with van der Waals surface area (Å²) in [5.74, 6) is 0.521. The highest BCUT2D eigenvalue weighted by molar-refractivity contribution is 6.28. The first kappa shape index (κ1) is 9.22. The summed E-state index contributed by atoms with van der Waals surface area (Å²) in [6.45, 7) is 0. The summed E-state index contributed by atoms with van der Waals surface area (Å²) in [5.41, 5.74) is 1.29.